The molecule has 2 N–H and O–H groups in total. The lowest BCUT2D eigenvalue weighted by molar-refractivity contribution is -0.121. The molecule has 0 aliphatic heterocycles. The Bertz CT molecular complexity index is 294. The molecular weight excluding hydrogens is 172 g/mol. The van der Waals surface area contributed by atoms with Crippen molar-refractivity contribution in [3.63, 3.8) is 0 Å². The van der Waals surface area contributed by atoms with E-state index in [-0.39, 0.29) is 12.5 Å². The van der Waals surface area contributed by atoms with Crippen molar-refractivity contribution in [3.8, 4) is 0 Å². The van der Waals surface area contributed by atoms with Gasteiger partial charge in [0.2, 0.25) is 5.91 Å². The number of rotatable bonds is 3. The summed E-state index contributed by atoms with van der Waals surface area (Å²) >= 11 is 0. The number of aliphatic hydroxyl groups excluding tert-OH is 1. The second kappa shape index (κ2) is 3.99. The summed E-state index contributed by atoms with van der Waals surface area (Å²) < 4.78 is 1.36. The summed E-state index contributed by atoms with van der Waals surface area (Å²) in [7, 11) is 1.54. The number of hydrogen-bond acceptors (Lipinski definition) is 4. The van der Waals surface area contributed by atoms with E-state index in [1.54, 1.807) is 14.0 Å². The van der Waals surface area contributed by atoms with Crippen molar-refractivity contribution in [3.05, 3.63) is 11.9 Å². The van der Waals surface area contributed by atoms with Crippen LogP contribution >= 0.6 is 0 Å². The summed E-state index contributed by atoms with van der Waals surface area (Å²) in [6.45, 7) is 1.68. The molecule has 0 aromatic carbocycles. The van der Waals surface area contributed by atoms with E-state index < -0.39 is 6.10 Å². The minimum atomic E-state index is -0.667. The summed E-state index contributed by atoms with van der Waals surface area (Å²) in [5.74, 6) is -0.174. The molecular formula is C7H12N4O2. The van der Waals surface area contributed by atoms with Crippen molar-refractivity contribution in [1.82, 2.24) is 20.3 Å². The first-order valence-corrected chi connectivity index (χ1v) is 3.92. The monoisotopic (exact) mass is 184 g/mol. The van der Waals surface area contributed by atoms with Crippen LogP contribution in [0.5, 0.6) is 0 Å². The van der Waals surface area contributed by atoms with Gasteiger partial charge in [0.1, 0.15) is 6.54 Å². The zero-order chi connectivity index (χ0) is 9.84. The molecule has 1 rings (SSSR count). The third kappa shape index (κ3) is 2.25. The van der Waals surface area contributed by atoms with Crippen molar-refractivity contribution in [2.45, 2.75) is 19.6 Å². The molecule has 0 saturated carbocycles. The molecule has 6 heteroatoms. The Kier molecular flexibility index (Phi) is 2.97. The van der Waals surface area contributed by atoms with Gasteiger partial charge in [0.05, 0.1) is 18.0 Å². The van der Waals surface area contributed by atoms with Crippen LogP contribution in [-0.4, -0.2) is 33.1 Å². The number of hydrogen-bond donors (Lipinski definition) is 2. The molecule has 0 radical (unpaired) electrons. The third-order valence-corrected chi connectivity index (χ3v) is 1.65. The zero-order valence-electron chi connectivity index (χ0n) is 7.56. The van der Waals surface area contributed by atoms with E-state index >= 15 is 0 Å². The average molecular weight is 184 g/mol. The van der Waals surface area contributed by atoms with Crippen LogP contribution in [0.4, 0.5) is 0 Å². The Morgan fingerprint density at radius 1 is 1.85 bits per heavy atom. The molecule has 1 atom stereocenters. The van der Waals surface area contributed by atoms with Crippen molar-refractivity contribution < 1.29 is 9.90 Å². The standard InChI is InChI=1S/C7H12N4O2/c1-5(12)6-3-9-10-11(6)4-7(13)8-2/h3,5,12H,4H2,1-2H3,(H,8,13). The van der Waals surface area contributed by atoms with E-state index in [4.69, 9.17) is 0 Å². The number of aromatic nitrogens is 3. The Hall–Kier alpha value is -1.43. The van der Waals surface area contributed by atoms with Crippen molar-refractivity contribution >= 4 is 5.91 Å². The Morgan fingerprint density at radius 3 is 3.08 bits per heavy atom. The number of carbonyl (C=O) groups excluding carboxylic acids is 1. The highest BCUT2D eigenvalue weighted by Crippen LogP contribution is 2.08. The quantitative estimate of drug-likeness (QED) is 0.636. The van der Waals surface area contributed by atoms with Gasteiger partial charge in [-0.1, -0.05) is 5.21 Å². The van der Waals surface area contributed by atoms with Crippen LogP contribution < -0.4 is 5.32 Å². The minimum absolute atomic E-state index is 0.0801. The predicted molar refractivity (Wildman–Crippen MR) is 44.7 cm³/mol. The van der Waals surface area contributed by atoms with Gasteiger partial charge in [-0.05, 0) is 6.92 Å². The molecule has 0 bridgehead atoms. The number of amides is 1. The molecule has 13 heavy (non-hydrogen) atoms. The van der Waals surface area contributed by atoms with Crippen LogP contribution in [0.15, 0.2) is 6.20 Å². The maximum Gasteiger partial charge on any atom is 0.241 e. The van der Waals surface area contributed by atoms with Gasteiger partial charge in [0, 0.05) is 7.05 Å². The number of aliphatic hydroxyl groups is 1. The molecule has 0 aliphatic carbocycles. The third-order valence-electron chi connectivity index (χ3n) is 1.65. The van der Waals surface area contributed by atoms with Gasteiger partial charge in [-0.15, -0.1) is 5.10 Å². The fourth-order valence-corrected chi connectivity index (χ4v) is 0.927. The number of carbonyl (C=O) groups is 1. The highest BCUT2D eigenvalue weighted by molar-refractivity contribution is 5.75. The summed E-state index contributed by atoms with van der Waals surface area (Å²) in [4.78, 5) is 11.0. The zero-order valence-corrected chi connectivity index (χ0v) is 7.56. The van der Waals surface area contributed by atoms with E-state index in [9.17, 15) is 9.90 Å². The second-order valence-electron chi connectivity index (χ2n) is 2.67. The van der Waals surface area contributed by atoms with Gasteiger partial charge in [0.15, 0.2) is 0 Å². The average Bonchev–Trinajstić information content (AvgIpc) is 2.52. The van der Waals surface area contributed by atoms with E-state index in [1.165, 1.54) is 10.9 Å². The molecule has 1 aromatic heterocycles. The molecule has 0 spiro atoms. The van der Waals surface area contributed by atoms with Crippen molar-refractivity contribution in [2.75, 3.05) is 7.05 Å². The van der Waals surface area contributed by atoms with Gasteiger partial charge in [0.25, 0.3) is 0 Å². The highest BCUT2D eigenvalue weighted by Gasteiger charge is 2.11. The molecule has 0 fully saturated rings. The lowest BCUT2D eigenvalue weighted by Gasteiger charge is -2.06. The first-order chi connectivity index (χ1) is 6.15. The smallest absolute Gasteiger partial charge is 0.241 e. The van der Waals surface area contributed by atoms with Crippen LogP contribution in [0.1, 0.15) is 18.7 Å². The van der Waals surface area contributed by atoms with Gasteiger partial charge < -0.3 is 10.4 Å². The van der Waals surface area contributed by atoms with E-state index in [1.807, 2.05) is 0 Å². The second-order valence-corrected chi connectivity index (χ2v) is 2.67. The largest absolute Gasteiger partial charge is 0.387 e. The van der Waals surface area contributed by atoms with Gasteiger partial charge >= 0.3 is 0 Å². The Balaban J connectivity index is 2.76. The molecule has 0 aliphatic rings. The molecule has 1 unspecified atom stereocenters. The van der Waals surface area contributed by atoms with Crippen LogP contribution in [0.25, 0.3) is 0 Å². The highest BCUT2D eigenvalue weighted by atomic mass is 16.3. The maximum absolute atomic E-state index is 11.0. The molecule has 1 heterocycles. The lowest BCUT2D eigenvalue weighted by atomic mass is 10.3. The molecule has 1 aromatic rings. The minimum Gasteiger partial charge on any atom is -0.387 e. The van der Waals surface area contributed by atoms with Crippen LogP contribution in [-0.2, 0) is 11.3 Å². The summed E-state index contributed by atoms with van der Waals surface area (Å²) in [5.41, 5.74) is 0.531. The molecule has 6 nitrogen and oxygen atoms in total. The lowest BCUT2D eigenvalue weighted by Crippen LogP contribution is -2.25. The number of likely N-dealkylation sites (N-methyl/N-ethyl adjacent to an activating group) is 1. The van der Waals surface area contributed by atoms with Crippen LogP contribution in [0.3, 0.4) is 0 Å². The van der Waals surface area contributed by atoms with Gasteiger partial charge in [-0.3, -0.25) is 4.79 Å². The summed E-state index contributed by atoms with van der Waals surface area (Å²) in [5, 5.41) is 19.0. The van der Waals surface area contributed by atoms with E-state index in [2.05, 4.69) is 15.6 Å². The normalized spacial score (nSPS) is 12.5. The van der Waals surface area contributed by atoms with Crippen LogP contribution in [0, 0.1) is 0 Å². The number of nitrogens with one attached hydrogen (secondary N) is 1. The summed E-state index contributed by atoms with van der Waals surface area (Å²) in [6, 6.07) is 0. The molecule has 0 saturated heterocycles. The van der Waals surface area contributed by atoms with E-state index in [0.717, 1.165) is 0 Å². The maximum atomic E-state index is 11.0. The first kappa shape index (κ1) is 9.66. The molecule has 72 valence electrons. The van der Waals surface area contributed by atoms with E-state index in [0.29, 0.717) is 5.69 Å². The topological polar surface area (TPSA) is 80.0 Å². The predicted octanol–water partition coefficient (Wildman–Crippen LogP) is -0.923. The first-order valence-electron chi connectivity index (χ1n) is 3.92. The van der Waals surface area contributed by atoms with Gasteiger partial charge in [-0.2, -0.15) is 0 Å². The van der Waals surface area contributed by atoms with Crippen molar-refractivity contribution in [1.29, 1.82) is 0 Å². The number of nitrogens with zero attached hydrogens (tertiary/aromatic N) is 3. The van der Waals surface area contributed by atoms with Gasteiger partial charge in [-0.25, -0.2) is 4.68 Å². The summed E-state index contributed by atoms with van der Waals surface area (Å²) in [6.07, 6.45) is 0.771. The SMILES string of the molecule is CNC(=O)Cn1nncc1C(C)O. The Labute approximate surface area is 75.6 Å². The Morgan fingerprint density at radius 2 is 2.54 bits per heavy atom. The fourth-order valence-electron chi connectivity index (χ4n) is 0.927. The molecule has 1 amide bonds. The van der Waals surface area contributed by atoms with Crippen LogP contribution in [0.2, 0.25) is 0 Å². The van der Waals surface area contributed by atoms with Crippen molar-refractivity contribution in [2.24, 2.45) is 0 Å². The fraction of sp³-hybridized carbons (Fsp3) is 0.571.